The molecule has 0 saturated carbocycles. The normalized spacial score (nSPS) is 12.1. The molecule has 1 amide bonds. The molecule has 214 valence electrons. The Morgan fingerprint density at radius 1 is 1.15 bits per heavy atom. The highest BCUT2D eigenvalue weighted by Gasteiger charge is 2.34. The van der Waals surface area contributed by atoms with Gasteiger partial charge in [0.1, 0.15) is 11.6 Å². The van der Waals surface area contributed by atoms with Gasteiger partial charge in [-0.15, -0.1) is 10.2 Å². The van der Waals surface area contributed by atoms with Crippen LogP contribution in [-0.2, 0) is 28.5 Å². The Morgan fingerprint density at radius 2 is 1.82 bits per heavy atom. The monoisotopic (exact) mass is 557 g/mol. The molecular weight excluding hydrogens is 525 g/mol. The fourth-order valence-corrected chi connectivity index (χ4v) is 3.80. The third kappa shape index (κ3) is 7.16. The van der Waals surface area contributed by atoms with Crippen molar-refractivity contribution in [3.05, 3.63) is 69.3 Å². The standard InChI is InChI=1S/C27H32FN5O7/c1-7-19(35)39-20(8-2)40-22-21(18(34)14-11-16-9-12-17(28)13-10-16)29-26(33(6)25(22)37)27(4,5)30-23(36)24-32-31-15(3)38-24/h9-10,12-13,20H,7-8,11,14H2,1-6H3,(H,30,36). The Kier molecular flexibility index (Phi) is 9.51. The van der Waals surface area contributed by atoms with E-state index in [-0.39, 0.29) is 54.7 Å². The summed E-state index contributed by atoms with van der Waals surface area (Å²) in [5.41, 5.74) is -1.61. The molecule has 1 unspecified atom stereocenters. The summed E-state index contributed by atoms with van der Waals surface area (Å²) >= 11 is 0. The van der Waals surface area contributed by atoms with Crippen molar-refractivity contribution in [1.82, 2.24) is 25.1 Å². The number of ketones is 1. The lowest BCUT2D eigenvalue weighted by Gasteiger charge is -2.28. The van der Waals surface area contributed by atoms with Crippen molar-refractivity contribution in [2.24, 2.45) is 7.05 Å². The van der Waals surface area contributed by atoms with Crippen molar-refractivity contribution in [1.29, 1.82) is 0 Å². The van der Waals surface area contributed by atoms with Gasteiger partial charge in [-0.05, 0) is 38.0 Å². The minimum Gasteiger partial charge on any atom is -0.447 e. The zero-order chi connectivity index (χ0) is 29.6. The van der Waals surface area contributed by atoms with Gasteiger partial charge in [-0.3, -0.25) is 23.7 Å². The molecule has 0 radical (unpaired) electrons. The first-order chi connectivity index (χ1) is 18.9. The molecule has 2 aromatic heterocycles. The smallest absolute Gasteiger partial charge is 0.309 e. The fourth-order valence-electron chi connectivity index (χ4n) is 3.80. The van der Waals surface area contributed by atoms with Crippen LogP contribution in [0.4, 0.5) is 4.39 Å². The molecule has 0 bridgehead atoms. The topological polar surface area (TPSA) is 156 Å². The number of halogens is 1. The maximum atomic E-state index is 13.5. The summed E-state index contributed by atoms with van der Waals surface area (Å²) in [5.74, 6) is -2.63. The van der Waals surface area contributed by atoms with Gasteiger partial charge in [-0.2, -0.15) is 0 Å². The average molecular weight is 558 g/mol. The number of rotatable bonds is 12. The van der Waals surface area contributed by atoms with Crippen LogP contribution in [0.1, 0.15) is 85.4 Å². The number of nitrogens with zero attached hydrogens (tertiary/aromatic N) is 4. The van der Waals surface area contributed by atoms with Crippen molar-refractivity contribution < 1.29 is 32.7 Å². The molecule has 40 heavy (non-hydrogen) atoms. The van der Waals surface area contributed by atoms with E-state index >= 15 is 0 Å². The number of carbonyl (C=O) groups is 3. The zero-order valence-corrected chi connectivity index (χ0v) is 23.2. The quantitative estimate of drug-likeness (QED) is 0.199. The van der Waals surface area contributed by atoms with Gasteiger partial charge in [0, 0.05) is 33.2 Å². The Balaban J connectivity index is 2.02. The van der Waals surface area contributed by atoms with E-state index in [0.29, 0.717) is 5.56 Å². The molecule has 0 aliphatic heterocycles. The van der Waals surface area contributed by atoms with Crippen molar-refractivity contribution >= 4 is 17.7 Å². The predicted molar refractivity (Wildman–Crippen MR) is 139 cm³/mol. The number of Topliss-reactive ketones (excluding diaryl/α,β-unsaturated/α-hetero) is 1. The van der Waals surface area contributed by atoms with E-state index in [1.165, 1.54) is 26.1 Å². The van der Waals surface area contributed by atoms with Crippen molar-refractivity contribution in [2.75, 3.05) is 0 Å². The third-order valence-electron chi connectivity index (χ3n) is 5.91. The van der Waals surface area contributed by atoms with Gasteiger partial charge in [0.05, 0.1) is 5.54 Å². The molecule has 1 aromatic carbocycles. The lowest BCUT2D eigenvalue weighted by Crippen LogP contribution is -2.46. The molecule has 3 rings (SSSR count). The van der Waals surface area contributed by atoms with Gasteiger partial charge in [0.25, 0.3) is 5.56 Å². The molecular formula is C27H32FN5O7. The number of aromatic nitrogens is 4. The summed E-state index contributed by atoms with van der Waals surface area (Å²) in [4.78, 5) is 56.1. The van der Waals surface area contributed by atoms with E-state index in [9.17, 15) is 23.6 Å². The maximum Gasteiger partial charge on any atom is 0.309 e. The maximum absolute atomic E-state index is 13.5. The average Bonchev–Trinajstić information content (AvgIpc) is 3.36. The van der Waals surface area contributed by atoms with Crippen LogP contribution in [0.15, 0.2) is 33.5 Å². The van der Waals surface area contributed by atoms with Crippen LogP contribution in [0, 0.1) is 12.7 Å². The Bertz CT molecular complexity index is 1450. The number of hydrogen-bond acceptors (Lipinski definition) is 10. The van der Waals surface area contributed by atoms with Gasteiger partial charge in [0.15, 0.2) is 11.5 Å². The Labute approximate surface area is 229 Å². The van der Waals surface area contributed by atoms with Crippen LogP contribution in [0.5, 0.6) is 5.75 Å². The van der Waals surface area contributed by atoms with E-state index < -0.39 is 40.9 Å². The second-order valence-corrected chi connectivity index (χ2v) is 9.53. The number of ether oxygens (including phenoxy) is 2. The lowest BCUT2D eigenvalue weighted by molar-refractivity contribution is -0.163. The summed E-state index contributed by atoms with van der Waals surface area (Å²) in [6.45, 7) is 8.00. The predicted octanol–water partition coefficient (Wildman–Crippen LogP) is 3.16. The highest BCUT2D eigenvalue weighted by molar-refractivity contribution is 5.97. The second-order valence-electron chi connectivity index (χ2n) is 9.53. The molecule has 13 heteroatoms. The van der Waals surface area contributed by atoms with Crippen LogP contribution >= 0.6 is 0 Å². The minimum atomic E-state index is -1.29. The van der Waals surface area contributed by atoms with Crippen LogP contribution in [0.25, 0.3) is 0 Å². The molecule has 0 fully saturated rings. The number of esters is 1. The number of benzene rings is 1. The zero-order valence-electron chi connectivity index (χ0n) is 23.2. The number of aryl methyl sites for hydroxylation is 2. The number of amides is 1. The van der Waals surface area contributed by atoms with Crippen molar-refractivity contribution in [2.45, 2.75) is 72.1 Å². The molecule has 0 spiro atoms. The molecule has 0 aliphatic rings. The molecule has 2 heterocycles. The van der Waals surface area contributed by atoms with E-state index in [0.717, 1.165) is 4.57 Å². The van der Waals surface area contributed by atoms with Crippen LogP contribution in [0.3, 0.4) is 0 Å². The summed E-state index contributed by atoms with van der Waals surface area (Å²) in [6, 6.07) is 5.68. The highest BCUT2D eigenvalue weighted by Crippen LogP contribution is 2.24. The van der Waals surface area contributed by atoms with E-state index in [4.69, 9.17) is 13.9 Å². The first kappa shape index (κ1) is 30.1. The number of carbonyl (C=O) groups excluding carboxylic acids is 3. The number of nitrogens with one attached hydrogen (secondary N) is 1. The van der Waals surface area contributed by atoms with Gasteiger partial charge in [-0.25, -0.2) is 9.37 Å². The van der Waals surface area contributed by atoms with E-state index in [1.807, 2.05) is 0 Å². The molecule has 12 nitrogen and oxygen atoms in total. The molecule has 1 atom stereocenters. The largest absolute Gasteiger partial charge is 0.447 e. The van der Waals surface area contributed by atoms with Crippen LogP contribution in [-0.4, -0.2) is 43.7 Å². The van der Waals surface area contributed by atoms with Crippen molar-refractivity contribution in [3.8, 4) is 5.75 Å². The molecule has 1 N–H and O–H groups in total. The van der Waals surface area contributed by atoms with Crippen molar-refractivity contribution in [3.63, 3.8) is 0 Å². The van der Waals surface area contributed by atoms with Crippen LogP contribution in [0.2, 0.25) is 0 Å². The summed E-state index contributed by atoms with van der Waals surface area (Å²) in [5, 5.41) is 10.0. The summed E-state index contributed by atoms with van der Waals surface area (Å²) < 4.78 is 30.6. The number of hydrogen-bond donors (Lipinski definition) is 1. The Morgan fingerprint density at radius 3 is 2.40 bits per heavy atom. The summed E-state index contributed by atoms with van der Waals surface area (Å²) in [6.07, 6.45) is -0.688. The highest BCUT2D eigenvalue weighted by atomic mass is 19.1. The fraction of sp³-hybridized carbons (Fsp3) is 0.444. The van der Waals surface area contributed by atoms with Gasteiger partial charge >= 0.3 is 17.8 Å². The molecule has 0 saturated heterocycles. The molecule has 3 aromatic rings. The minimum absolute atomic E-state index is 0.0400. The third-order valence-corrected chi connectivity index (χ3v) is 5.91. The first-order valence-electron chi connectivity index (χ1n) is 12.7. The molecule has 0 aliphatic carbocycles. The second kappa shape index (κ2) is 12.6. The SMILES string of the molecule is CCC(=O)OC(CC)Oc1c(C(=O)CCc2ccc(F)cc2)nc(C(C)(C)NC(=O)c2nnc(C)o2)n(C)c1=O. The first-order valence-corrected chi connectivity index (χ1v) is 12.7. The van der Waals surface area contributed by atoms with Gasteiger partial charge in [0.2, 0.25) is 17.9 Å². The van der Waals surface area contributed by atoms with Crippen LogP contribution < -0.4 is 15.6 Å². The van der Waals surface area contributed by atoms with E-state index in [2.05, 4.69) is 20.5 Å². The van der Waals surface area contributed by atoms with E-state index in [1.54, 1.807) is 39.8 Å². The van der Waals surface area contributed by atoms with Gasteiger partial charge < -0.3 is 19.2 Å². The Hall–Kier alpha value is -4.42. The summed E-state index contributed by atoms with van der Waals surface area (Å²) in [7, 11) is 1.41. The lowest BCUT2D eigenvalue weighted by atomic mass is 10.0. The van der Waals surface area contributed by atoms with Gasteiger partial charge in [-0.1, -0.05) is 26.0 Å².